The number of hydrogen-bond donors (Lipinski definition) is 2. The Kier molecular flexibility index (Phi) is 4.68. The van der Waals surface area contributed by atoms with Crippen LogP contribution in [0.15, 0.2) is 48.8 Å². The predicted octanol–water partition coefficient (Wildman–Crippen LogP) is 3.35. The minimum atomic E-state index is -0.120. The lowest BCUT2D eigenvalue weighted by atomic mass is 9.99. The van der Waals surface area contributed by atoms with E-state index in [1.807, 2.05) is 18.2 Å². The van der Waals surface area contributed by atoms with Gasteiger partial charge >= 0.3 is 6.03 Å². The number of benzene rings is 1. The number of nitrogens with one attached hydrogen (secondary N) is 2. The van der Waals surface area contributed by atoms with E-state index in [0.29, 0.717) is 6.54 Å². The van der Waals surface area contributed by atoms with Gasteiger partial charge in [0.2, 0.25) is 0 Å². The summed E-state index contributed by atoms with van der Waals surface area (Å²) in [5, 5.41) is 6.02. The average molecular weight is 295 g/mol. The Bertz CT molecular complexity index is 627. The average Bonchev–Trinajstić information content (AvgIpc) is 2.77. The third-order valence-electron chi connectivity index (χ3n) is 4.10. The molecule has 0 saturated carbocycles. The highest BCUT2D eigenvalue weighted by atomic mass is 16.2. The Labute approximate surface area is 131 Å². The summed E-state index contributed by atoms with van der Waals surface area (Å²) in [7, 11) is 0. The van der Waals surface area contributed by atoms with E-state index in [4.69, 9.17) is 0 Å². The number of carbonyl (C=O) groups excluding carboxylic acids is 1. The van der Waals surface area contributed by atoms with Crippen LogP contribution in [-0.2, 0) is 13.0 Å². The molecule has 4 heteroatoms. The number of hydrogen-bond acceptors (Lipinski definition) is 2. The van der Waals surface area contributed by atoms with Gasteiger partial charge in [-0.05, 0) is 42.0 Å². The fourth-order valence-electron chi connectivity index (χ4n) is 2.97. The Balaban J connectivity index is 1.61. The summed E-state index contributed by atoms with van der Waals surface area (Å²) in [5.41, 5.74) is 3.62. The van der Waals surface area contributed by atoms with Crippen LogP contribution in [0.5, 0.6) is 0 Å². The number of aryl methyl sites for hydroxylation is 1. The van der Waals surface area contributed by atoms with Crippen LogP contribution >= 0.6 is 0 Å². The number of rotatable bonds is 3. The number of carbonyl (C=O) groups is 1. The maximum absolute atomic E-state index is 12.2. The lowest BCUT2D eigenvalue weighted by Crippen LogP contribution is -2.37. The number of amides is 2. The van der Waals surface area contributed by atoms with Gasteiger partial charge in [0.05, 0.1) is 6.04 Å². The summed E-state index contributed by atoms with van der Waals surface area (Å²) in [6.45, 7) is 0.494. The van der Waals surface area contributed by atoms with E-state index < -0.39 is 0 Å². The second kappa shape index (κ2) is 7.07. The van der Waals surface area contributed by atoms with Crippen LogP contribution in [0.1, 0.15) is 42.0 Å². The molecule has 0 fully saturated rings. The van der Waals surface area contributed by atoms with Crippen molar-refractivity contribution >= 4 is 6.03 Å². The fourth-order valence-corrected chi connectivity index (χ4v) is 2.97. The SMILES string of the molecule is O=C(NCc1cccnc1)N[C@H]1CCCCc2ccccc21. The monoisotopic (exact) mass is 295 g/mol. The van der Waals surface area contributed by atoms with Crippen molar-refractivity contribution in [1.82, 2.24) is 15.6 Å². The quantitative estimate of drug-likeness (QED) is 0.853. The highest BCUT2D eigenvalue weighted by Crippen LogP contribution is 2.28. The van der Waals surface area contributed by atoms with Crippen LogP contribution in [-0.4, -0.2) is 11.0 Å². The van der Waals surface area contributed by atoms with Gasteiger partial charge in [-0.15, -0.1) is 0 Å². The summed E-state index contributed by atoms with van der Waals surface area (Å²) < 4.78 is 0. The highest BCUT2D eigenvalue weighted by Gasteiger charge is 2.19. The van der Waals surface area contributed by atoms with E-state index in [2.05, 4.69) is 33.8 Å². The summed E-state index contributed by atoms with van der Waals surface area (Å²) in [6.07, 6.45) is 7.92. The molecule has 1 aliphatic carbocycles. The Morgan fingerprint density at radius 1 is 1.18 bits per heavy atom. The minimum Gasteiger partial charge on any atom is -0.334 e. The Morgan fingerprint density at radius 3 is 2.95 bits per heavy atom. The molecule has 2 N–H and O–H groups in total. The third kappa shape index (κ3) is 3.64. The fraction of sp³-hybridized carbons (Fsp3) is 0.333. The van der Waals surface area contributed by atoms with Gasteiger partial charge in [-0.1, -0.05) is 36.8 Å². The van der Waals surface area contributed by atoms with Crippen LogP contribution in [0.25, 0.3) is 0 Å². The topological polar surface area (TPSA) is 54.0 Å². The molecular formula is C18H21N3O. The van der Waals surface area contributed by atoms with Gasteiger partial charge in [-0.3, -0.25) is 4.98 Å². The molecule has 1 heterocycles. The predicted molar refractivity (Wildman–Crippen MR) is 86.3 cm³/mol. The van der Waals surface area contributed by atoms with Gasteiger partial charge in [0.1, 0.15) is 0 Å². The molecule has 0 unspecified atom stereocenters. The first-order valence-electron chi connectivity index (χ1n) is 7.84. The lowest BCUT2D eigenvalue weighted by molar-refractivity contribution is 0.236. The molecule has 1 atom stereocenters. The normalized spacial score (nSPS) is 17.2. The number of nitrogens with zero attached hydrogens (tertiary/aromatic N) is 1. The van der Waals surface area contributed by atoms with E-state index in [1.165, 1.54) is 17.5 Å². The summed E-state index contributed by atoms with van der Waals surface area (Å²) in [5.74, 6) is 0. The van der Waals surface area contributed by atoms with Crippen molar-refractivity contribution in [2.75, 3.05) is 0 Å². The molecule has 0 saturated heterocycles. The smallest absolute Gasteiger partial charge is 0.315 e. The first-order chi connectivity index (χ1) is 10.8. The van der Waals surface area contributed by atoms with Gasteiger partial charge in [-0.2, -0.15) is 0 Å². The van der Waals surface area contributed by atoms with Crippen LogP contribution < -0.4 is 10.6 Å². The second-order valence-corrected chi connectivity index (χ2v) is 5.69. The first-order valence-corrected chi connectivity index (χ1v) is 7.84. The molecule has 2 amide bonds. The standard InChI is InChI=1S/C18H21N3O/c22-18(20-13-14-6-5-11-19-12-14)21-17-10-4-2-8-15-7-1-3-9-16(15)17/h1,3,5-7,9,11-12,17H,2,4,8,10,13H2,(H2,20,21,22)/t17-/m0/s1. The maximum Gasteiger partial charge on any atom is 0.315 e. The molecule has 22 heavy (non-hydrogen) atoms. The molecule has 0 aliphatic heterocycles. The van der Waals surface area contributed by atoms with Gasteiger partial charge in [0.25, 0.3) is 0 Å². The number of urea groups is 1. The van der Waals surface area contributed by atoms with E-state index in [9.17, 15) is 4.79 Å². The molecule has 1 aromatic heterocycles. The lowest BCUT2D eigenvalue weighted by Gasteiger charge is -2.19. The molecule has 2 aromatic rings. The first kappa shape index (κ1) is 14.6. The molecule has 3 rings (SSSR count). The van der Waals surface area contributed by atoms with E-state index in [0.717, 1.165) is 24.8 Å². The summed E-state index contributed by atoms with van der Waals surface area (Å²) >= 11 is 0. The molecule has 4 nitrogen and oxygen atoms in total. The van der Waals surface area contributed by atoms with Crippen molar-refractivity contribution in [1.29, 1.82) is 0 Å². The van der Waals surface area contributed by atoms with Crippen molar-refractivity contribution in [2.24, 2.45) is 0 Å². The van der Waals surface area contributed by atoms with Crippen molar-refractivity contribution in [3.8, 4) is 0 Å². The van der Waals surface area contributed by atoms with Gasteiger partial charge in [0, 0.05) is 18.9 Å². The van der Waals surface area contributed by atoms with Crippen molar-refractivity contribution in [3.63, 3.8) is 0 Å². The molecular weight excluding hydrogens is 274 g/mol. The largest absolute Gasteiger partial charge is 0.334 e. The van der Waals surface area contributed by atoms with Crippen LogP contribution in [0.4, 0.5) is 4.79 Å². The molecule has 0 spiro atoms. The third-order valence-corrected chi connectivity index (χ3v) is 4.10. The summed E-state index contributed by atoms with van der Waals surface area (Å²) in [4.78, 5) is 16.2. The van der Waals surface area contributed by atoms with Crippen LogP contribution in [0.2, 0.25) is 0 Å². The highest BCUT2D eigenvalue weighted by molar-refractivity contribution is 5.74. The van der Waals surface area contributed by atoms with Crippen molar-refractivity contribution in [2.45, 2.75) is 38.3 Å². The zero-order valence-electron chi connectivity index (χ0n) is 12.6. The Hall–Kier alpha value is -2.36. The zero-order valence-corrected chi connectivity index (χ0v) is 12.6. The maximum atomic E-state index is 12.2. The van der Waals surface area contributed by atoms with E-state index >= 15 is 0 Å². The van der Waals surface area contributed by atoms with E-state index in [1.54, 1.807) is 12.4 Å². The minimum absolute atomic E-state index is 0.104. The Morgan fingerprint density at radius 2 is 2.09 bits per heavy atom. The molecule has 1 aromatic carbocycles. The molecule has 0 radical (unpaired) electrons. The molecule has 1 aliphatic rings. The van der Waals surface area contributed by atoms with Crippen LogP contribution in [0, 0.1) is 0 Å². The molecule has 114 valence electrons. The van der Waals surface area contributed by atoms with Gasteiger partial charge < -0.3 is 10.6 Å². The van der Waals surface area contributed by atoms with Crippen molar-refractivity contribution < 1.29 is 4.79 Å². The number of fused-ring (bicyclic) bond motifs is 1. The van der Waals surface area contributed by atoms with E-state index in [-0.39, 0.29) is 12.1 Å². The number of pyridine rings is 1. The van der Waals surface area contributed by atoms with Gasteiger partial charge in [0.15, 0.2) is 0 Å². The van der Waals surface area contributed by atoms with Crippen molar-refractivity contribution in [3.05, 3.63) is 65.5 Å². The van der Waals surface area contributed by atoms with Crippen LogP contribution in [0.3, 0.4) is 0 Å². The number of aromatic nitrogens is 1. The molecule has 0 bridgehead atoms. The second-order valence-electron chi connectivity index (χ2n) is 5.69. The summed E-state index contributed by atoms with van der Waals surface area (Å²) in [6, 6.07) is 12.2. The zero-order chi connectivity index (χ0) is 15.2. The van der Waals surface area contributed by atoms with Gasteiger partial charge in [-0.25, -0.2) is 4.79 Å².